The number of rotatable bonds is 10. The van der Waals surface area contributed by atoms with Gasteiger partial charge in [0, 0.05) is 34.3 Å². The molecule has 55 heavy (non-hydrogen) atoms. The Labute approximate surface area is 306 Å². The first-order valence-electron chi connectivity index (χ1n) is 14.9. The number of anilines is 2. The number of phenols is 4. The van der Waals surface area contributed by atoms with E-state index in [1.807, 2.05) is 0 Å². The molecule has 23 heteroatoms. The molecule has 0 saturated heterocycles. The van der Waals surface area contributed by atoms with Crippen molar-refractivity contribution in [3.05, 3.63) is 105 Å². The van der Waals surface area contributed by atoms with Gasteiger partial charge in [0.2, 0.25) is 11.5 Å². The summed E-state index contributed by atoms with van der Waals surface area (Å²) in [6.45, 7) is 0. The Balaban J connectivity index is 1.32. The molecule has 0 aliphatic heterocycles. The lowest BCUT2D eigenvalue weighted by molar-refractivity contribution is -0.386. The number of nitro groups is 2. The summed E-state index contributed by atoms with van der Waals surface area (Å²) in [5.74, 6) is -3.05. The summed E-state index contributed by atoms with van der Waals surface area (Å²) in [4.78, 5) is 18.4. The van der Waals surface area contributed by atoms with Crippen LogP contribution in [0.25, 0.3) is 21.5 Å². The standard InChI is InChI=1S/C32H21N7O14S2/c40-29-20-7-5-17(10-15(20)4-9-23(29)35-34-22-2-1-3-25(31(22)42)38(44)45)33-18-6-8-21-16(11-18)12-27(55(51,52)53)28(30(21)41)37-36-24-13-19(54(48,49)50)14-26(32(24)43)39(46)47/h1-14,33,40-43H,(H,48,49,50)(H,51,52,53). The van der Waals surface area contributed by atoms with E-state index in [4.69, 9.17) is 0 Å². The lowest BCUT2D eigenvalue weighted by Gasteiger charge is -2.12. The van der Waals surface area contributed by atoms with Gasteiger partial charge >= 0.3 is 11.4 Å². The van der Waals surface area contributed by atoms with Gasteiger partial charge in [0.05, 0.1) is 9.85 Å². The zero-order valence-electron chi connectivity index (χ0n) is 27.0. The van der Waals surface area contributed by atoms with Gasteiger partial charge in [-0.25, -0.2) is 0 Å². The van der Waals surface area contributed by atoms with E-state index >= 15 is 0 Å². The van der Waals surface area contributed by atoms with Crippen LogP contribution in [-0.2, 0) is 20.2 Å². The fourth-order valence-corrected chi connectivity index (χ4v) is 6.43. The first-order valence-corrected chi connectivity index (χ1v) is 17.8. The lowest BCUT2D eigenvalue weighted by atomic mass is 10.1. The third-order valence-corrected chi connectivity index (χ3v) is 9.54. The largest absolute Gasteiger partial charge is 0.505 e. The van der Waals surface area contributed by atoms with Crippen molar-refractivity contribution in [2.45, 2.75) is 9.79 Å². The van der Waals surface area contributed by atoms with Crippen LogP contribution in [0.4, 0.5) is 45.5 Å². The number of benzene rings is 6. The summed E-state index contributed by atoms with van der Waals surface area (Å²) in [6, 6.07) is 17.4. The summed E-state index contributed by atoms with van der Waals surface area (Å²) < 4.78 is 67.4. The molecular formula is C32H21N7O14S2. The Morgan fingerprint density at radius 2 is 1.11 bits per heavy atom. The van der Waals surface area contributed by atoms with E-state index in [1.54, 1.807) is 18.2 Å². The number of azo groups is 2. The number of hydrogen-bond acceptors (Lipinski definition) is 17. The van der Waals surface area contributed by atoms with E-state index in [-0.39, 0.29) is 27.9 Å². The molecule has 0 amide bonds. The van der Waals surface area contributed by atoms with E-state index in [1.165, 1.54) is 42.5 Å². The molecule has 21 nitrogen and oxygen atoms in total. The van der Waals surface area contributed by atoms with Crippen LogP contribution in [-0.4, -0.2) is 56.2 Å². The quantitative estimate of drug-likeness (QED) is 0.0302. The van der Waals surface area contributed by atoms with Crippen molar-refractivity contribution in [3.8, 4) is 23.0 Å². The van der Waals surface area contributed by atoms with Crippen molar-refractivity contribution >= 4 is 87.3 Å². The van der Waals surface area contributed by atoms with Crippen LogP contribution in [0.2, 0.25) is 0 Å². The summed E-state index contributed by atoms with van der Waals surface area (Å²) in [7, 11) is -10.2. The second-order valence-electron chi connectivity index (χ2n) is 11.3. The molecule has 6 rings (SSSR count). The number of hydrogen-bond donors (Lipinski definition) is 7. The molecule has 0 bridgehead atoms. The van der Waals surface area contributed by atoms with Crippen molar-refractivity contribution in [2.75, 3.05) is 5.32 Å². The van der Waals surface area contributed by atoms with Crippen LogP contribution in [0.5, 0.6) is 23.0 Å². The minimum absolute atomic E-state index is 0.00765. The number of nitro benzene ring substituents is 2. The smallest absolute Gasteiger partial charge is 0.314 e. The maximum atomic E-state index is 12.4. The summed E-state index contributed by atoms with van der Waals surface area (Å²) >= 11 is 0. The molecular weight excluding hydrogens is 771 g/mol. The van der Waals surface area contributed by atoms with Crippen molar-refractivity contribution in [3.63, 3.8) is 0 Å². The number of aromatic hydroxyl groups is 4. The molecule has 0 atom stereocenters. The van der Waals surface area contributed by atoms with Gasteiger partial charge in [0.1, 0.15) is 32.5 Å². The highest BCUT2D eigenvalue weighted by Crippen LogP contribution is 2.45. The van der Waals surface area contributed by atoms with E-state index in [9.17, 15) is 66.6 Å². The average molecular weight is 792 g/mol. The summed E-state index contributed by atoms with van der Waals surface area (Å²) in [6.07, 6.45) is 0. The number of nitrogens with one attached hydrogen (secondary N) is 1. The van der Waals surface area contributed by atoms with Gasteiger partial charge in [0.25, 0.3) is 20.2 Å². The molecule has 0 aliphatic carbocycles. The van der Waals surface area contributed by atoms with E-state index in [0.29, 0.717) is 34.3 Å². The SMILES string of the molecule is O=[N+]([O-])c1cccc(N=Nc2ccc3cc(Nc4ccc5c(O)c(N=Nc6cc(S(=O)(=O)O)cc([N+](=O)[O-])c6O)c(S(=O)(=O)O)cc5c4)ccc3c2O)c1O. The molecule has 6 aromatic carbocycles. The van der Waals surface area contributed by atoms with Gasteiger partial charge in [-0.3, -0.25) is 29.3 Å². The molecule has 0 saturated carbocycles. The highest BCUT2D eigenvalue weighted by atomic mass is 32.2. The van der Waals surface area contributed by atoms with E-state index in [0.717, 1.165) is 12.1 Å². The van der Waals surface area contributed by atoms with Gasteiger partial charge in [-0.15, -0.1) is 20.5 Å². The predicted octanol–water partition coefficient (Wildman–Crippen LogP) is 7.70. The lowest BCUT2D eigenvalue weighted by Crippen LogP contribution is -2.00. The molecule has 0 heterocycles. The topological polar surface area (TPSA) is 337 Å². The molecule has 0 unspecified atom stereocenters. The number of fused-ring (bicyclic) bond motifs is 2. The fourth-order valence-electron chi connectivity index (χ4n) is 5.25. The number of phenolic OH excluding ortho intramolecular Hbond substituents is 4. The second-order valence-corrected chi connectivity index (χ2v) is 14.1. The monoisotopic (exact) mass is 791 g/mol. The normalized spacial score (nSPS) is 12.2. The second kappa shape index (κ2) is 13.9. The van der Waals surface area contributed by atoms with Gasteiger partial charge in [-0.05, 0) is 71.4 Å². The maximum absolute atomic E-state index is 12.4. The van der Waals surface area contributed by atoms with Gasteiger partial charge in [-0.2, -0.15) is 16.8 Å². The third kappa shape index (κ3) is 7.46. The fraction of sp³-hybridized carbons (Fsp3) is 0. The van der Waals surface area contributed by atoms with Crippen molar-refractivity contribution in [1.29, 1.82) is 0 Å². The summed E-state index contributed by atoms with van der Waals surface area (Å²) in [5, 5.41) is 83.4. The molecule has 0 aliphatic rings. The first-order chi connectivity index (χ1) is 25.8. The Bertz CT molecular complexity index is 2920. The molecule has 0 spiro atoms. The Hall–Kier alpha value is -7.34. The Morgan fingerprint density at radius 1 is 0.545 bits per heavy atom. The number of para-hydroxylation sites is 1. The Kier molecular flexibility index (Phi) is 9.46. The number of nitrogens with zero attached hydrogens (tertiary/aromatic N) is 6. The average Bonchev–Trinajstić information content (AvgIpc) is 3.10. The molecule has 280 valence electrons. The van der Waals surface area contributed by atoms with Gasteiger partial charge in [0.15, 0.2) is 11.5 Å². The summed E-state index contributed by atoms with van der Waals surface area (Å²) in [5.41, 5.74) is -2.96. The molecule has 0 aromatic heterocycles. The molecule has 6 aromatic rings. The molecule has 0 radical (unpaired) electrons. The van der Waals surface area contributed by atoms with Crippen molar-refractivity contribution in [1.82, 2.24) is 0 Å². The van der Waals surface area contributed by atoms with Crippen molar-refractivity contribution in [2.24, 2.45) is 20.5 Å². The van der Waals surface area contributed by atoms with Crippen LogP contribution >= 0.6 is 0 Å². The predicted molar refractivity (Wildman–Crippen MR) is 192 cm³/mol. The molecule has 7 N–H and O–H groups in total. The van der Waals surface area contributed by atoms with Crippen LogP contribution in [0, 0.1) is 20.2 Å². The minimum atomic E-state index is -5.16. The highest BCUT2D eigenvalue weighted by Gasteiger charge is 2.26. The van der Waals surface area contributed by atoms with Crippen LogP contribution < -0.4 is 5.32 Å². The van der Waals surface area contributed by atoms with E-state index < -0.39 is 79.9 Å². The zero-order chi connectivity index (χ0) is 40.0. The Morgan fingerprint density at radius 3 is 1.71 bits per heavy atom. The first kappa shape index (κ1) is 37.4. The van der Waals surface area contributed by atoms with E-state index in [2.05, 4.69) is 25.8 Å². The maximum Gasteiger partial charge on any atom is 0.314 e. The molecule has 0 fully saturated rings. The van der Waals surface area contributed by atoms with Gasteiger partial charge in [-0.1, -0.05) is 12.1 Å². The van der Waals surface area contributed by atoms with Crippen LogP contribution in [0.3, 0.4) is 0 Å². The van der Waals surface area contributed by atoms with Crippen molar-refractivity contribution < 1.29 is 56.2 Å². The zero-order valence-corrected chi connectivity index (χ0v) is 28.7. The third-order valence-electron chi connectivity index (χ3n) is 7.84. The minimum Gasteiger partial charge on any atom is -0.505 e. The van der Waals surface area contributed by atoms with Crippen LogP contribution in [0.15, 0.2) is 115 Å². The highest BCUT2D eigenvalue weighted by molar-refractivity contribution is 7.86. The van der Waals surface area contributed by atoms with Gasteiger partial charge < -0.3 is 25.7 Å². The van der Waals surface area contributed by atoms with Crippen LogP contribution in [0.1, 0.15) is 0 Å².